The van der Waals surface area contributed by atoms with Gasteiger partial charge >= 0.3 is 0 Å². The van der Waals surface area contributed by atoms with Crippen molar-refractivity contribution in [2.45, 2.75) is 50.2 Å². The van der Waals surface area contributed by atoms with Gasteiger partial charge in [0.15, 0.2) is 13.9 Å². The molecule has 0 aliphatic carbocycles. The molecule has 5 rings (SSSR count). The number of nitro benzene ring substituents is 1. The molecule has 0 unspecified atom stereocenters. The Morgan fingerprint density at radius 3 is 2.40 bits per heavy atom. The minimum atomic E-state index is -2.89. The maximum absolute atomic E-state index is 14.3. The van der Waals surface area contributed by atoms with Crippen molar-refractivity contribution in [2.24, 2.45) is 5.92 Å². The lowest BCUT2D eigenvalue weighted by molar-refractivity contribution is -0.385. The predicted octanol–water partition coefficient (Wildman–Crippen LogP) is 4.16. The molecule has 4 atom stereocenters. The van der Waals surface area contributed by atoms with Crippen LogP contribution in [0.4, 0.5) is 22.7 Å². The van der Waals surface area contributed by atoms with E-state index in [-0.39, 0.29) is 42.6 Å². The number of non-ortho nitro benzene ring substituents is 1. The molecule has 3 aromatic carbocycles. The molecular weight excluding hydrogens is 556 g/mol. The molecule has 0 radical (unpaired) electrons. The van der Waals surface area contributed by atoms with Crippen LogP contribution in [0.15, 0.2) is 66.7 Å². The number of aliphatic hydroxyl groups excluding tert-OH is 1. The Labute approximate surface area is 244 Å². The summed E-state index contributed by atoms with van der Waals surface area (Å²) < 4.78 is 6.50. The number of ether oxygens (including phenoxy) is 1. The Morgan fingerprint density at radius 2 is 1.81 bits per heavy atom. The van der Waals surface area contributed by atoms with Crippen molar-refractivity contribution in [3.05, 3.63) is 93.5 Å². The second-order valence-electron chi connectivity index (χ2n) is 11.5. The Bertz CT molecular complexity index is 1520. The molecule has 1 fully saturated rings. The molecule has 42 heavy (non-hydrogen) atoms. The third-order valence-corrected chi connectivity index (χ3v) is 10.8. The number of hydrogen-bond donors (Lipinski definition) is 4. The van der Waals surface area contributed by atoms with Gasteiger partial charge < -0.3 is 30.6 Å². The van der Waals surface area contributed by atoms with E-state index in [9.17, 15) is 29.6 Å². The van der Waals surface area contributed by atoms with Crippen LogP contribution in [0.1, 0.15) is 34.8 Å². The minimum Gasteiger partial charge on any atom is -0.432 e. The largest absolute Gasteiger partial charge is 0.432 e. The number of fused-ring (bicyclic) bond motifs is 2. The highest BCUT2D eigenvalue weighted by atomic mass is 28.4. The maximum Gasteiger partial charge on any atom is 0.269 e. The average molecular weight is 591 g/mol. The smallest absolute Gasteiger partial charge is 0.269 e. The molecule has 11 nitrogen and oxygen atoms in total. The van der Waals surface area contributed by atoms with E-state index < -0.39 is 30.9 Å². The van der Waals surface area contributed by atoms with Crippen LogP contribution in [0.25, 0.3) is 0 Å². The minimum absolute atomic E-state index is 0.156. The third kappa shape index (κ3) is 5.07. The molecule has 0 bridgehead atoms. The first-order valence-corrected chi connectivity index (χ1v) is 16.8. The molecule has 1 saturated heterocycles. The first kappa shape index (κ1) is 29.4. The molecule has 12 heteroatoms. The van der Waals surface area contributed by atoms with Gasteiger partial charge in [-0.25, -0.2) is 0 Å². The van der Waals surface area contributed by atoms with Crippen LogP contribution < -0.4 is 16.0 Å². The third-order valence-electron chi connectivity index (χ3n) is 8.32. The van der Waals surface area contributed by atoms with Gasteiger partial charge in [0.05, 0.1) is 23.3 Å². The summed E-state index contributed by atoms with van der Waals surface area (Å²) in [7, 11) is -2.89. The van der Waals surface area contributed by atoms with Crippen LogP contribution in [-0.2, 0) is 21.7 Å². The normalized spacial score (nSPS) is 23.3. The number of hydrogen-bond acceptors (Lipinski definition) is 8. The SMILES string of the molecule is C[C@H]1[C@H]([Si](C)(C)O)[C@@H](CCO)O[C@]12C(=O)N(Cc1ccc(NC(=O)c3ccc(N)cc3)cc1)c1ccc([N+](=O)[O-])cc12. The van der Waals surface area contributed by atoms with Crippen LogP contribution in [0.2, 0.25) is 18.6 Å². The highest BCUT2D eigenvalue weighted by Crippen LogP contribution is 2.60. The van der Waals surface area contributed by atoms with Crippen LogP contribution in [0, 0.1) is 16.0 Å². The number of nitro groups is 1. The molecule has 2 heterocycles. The second-order valence-corrected chi connectivity index (χ2v) is 15.5. The fourth-order valence-electron chi connectivity index (χ4n) is 6.45. The van der Waals surface area contributed by atoms with E-state index in [4.69, 9.17) is 10.5 Å². The predicted molar refractivity (Wildman–Crippen MR) is 160 cm³/mol. The summed E-state index contributed by atoms with van der Waals surface area (Å²) in [5.74, 6) is -1.15. The first-order valence-electron chi connectivity index (χ1n) is 13.7. The van der Waals surface area contributed by atoms with Gasteiger partial charge in [-0.3, -0.25) is 19.7 Å². The molecular formula is C30H34N4O7Si. The zero-order chi connectivity index (χ0) is 30.4. The fourth-order valence-corrected chi connectivity index (χ4v) is 9.05. The number of nitrogens with zero attached hydrogens (tertiary/aromatic N) is 2. The number of benzene rings is 3. The number of carbonyl (C=O) groups is 2. The summed E-state index contributed by atoms with van der Waals surface area (Å²) in [6.07, 6.45) is -0.355. The number of nitrogens with two attached hydrogens (primary N) is 1. The average Bonchev–Trinajstić information content (AvgIpc) is 3.36. The molecule has 2 aliphatic heterocycles. The Morgan fingerprint density at radius 1 is 1.14 bits per heavy atom. The fraction of sp³-hybridized carbons (Fsp3) is 0.333. The lowest BCUT2D eigenvalue weighted by Crippen LogP contribution is -2.46. The quantitative estimate of drug-likeness (QED) is 0.131. The van der Waals surface area contributed by atoms with Crippen molar-refractivity contribution in [2.75, 3.05) is 22.6 Å². The van der Waals surface area contributed by atoms with Crippen LogP contribution in [-0.4, -0.2) is 47.7 Å². The molecule has 0 saturated carbocycles. The Hall–Kier alpha value is -4.10. The van der Waals surface area contributed by atoms with E-state index in [0.29, 0.717) is 28.2 Å². The van der Waals surface area contributed by atoms with Crippen molar-refractivity contribution in [1.82, 2.24) is 0 Å². The zero-order valence-corrected chi connectivity index (χ0v) is 24.6. The molecule has 0 aromatic heterocycles. The lowest BCUT2D eigenvalue weighted by atomic mass is 9.82. The maximum atomic E-state index is 14.3. The van der Waals surface area contributed by atoms with Crippen LogP contribution >= 0.6 is 0 Å². The number of rotatable bonds is 8. The molecule has 3 aromatic rings. The summed E-state index contributed by atoms with van der Waals surface area (Å²) in [4.78, 5) is 50.9. The van der Waals surface area contributed by atoms with Gasteiger partial charge in [0.1, 0.15) is 0 Å². The van der Waals surface area contributed by atoms with Gasteiger partial charge in [-0.05, 0) is 67.5 Å². The standard InChI is InChI=1S/C30H34N4O7Si/c1-18-27(42(2,3)40)26(14-15-35)41-30(18)24-16-23(34(38)39)12-13-25(24)33(29(30)37)17-19-4-10-22(11-5-19)32-28(36)20-6-8-21(31)9-7-20/h4-13,16,18,26-27,35,40H,14-15,17,31H2,1-3H3,(H,32,36)/t18-,26+,27-,30+/m0/s1. The second kappa shape index (κ2) is 10.9. The molecule has 5 N–H and O–H groups in total. The van der Waals surface area contributed by atoms with Crippen molar-refractivity contribution in [1.29, 1.82) is 0 Å². The van der Waals surface area contributed by atoms with E-state index in [1.165, 1.54) is 12.1 Å². The Balaban J connectivity index is 1.46. The van der Waals surface area contributed by atoms with Gasteiger partial charge in [-0.2, -0.15) is 0 Å². The molecule has 1 spiro atoms. The van der Waals surface area contributed by atoms with Crippen molar-refractivity contribution in [3.8, 4) is 0 Å². The van der Waals surface area contributed by atoms with Gasteiger partial charge in [0.2, 0.25) is 0 Å². The summed E-state index contributed by atoms with van der Waals surface area (Å²) in [5, 5.41) is 24.3. The highest BCUT2D eigenvalue weighted by Gasteiger charge is 2.66. The molecule has 220 valence electrons. The summed E-state index contributed by atoms with van der Waals surface area (Å²) in [6, 6.07) is 17.9. The number of carbonyl (C=O) groups excluding carboxylic acids is 2. The molecule has 2 aliphatic rings. The van der Waals surface area contributed by atoms with Gasteiger partial charge in [-0.1, -0.05) is 19.1 Å². The summed E-state index contributed by atoms with van der Waals surface area (Å²) in [5.41, 5.74) is 6.86. The van der Waals surface area contributed by atoms with Crippen LogP contribution in [0.5, 0.6) is 0 Å². The van der Waals surface area contributed by atoms with Crippen molar-refractivity contribution < 1.29 is 29.2 Å². The first-order chi connectivity index (χ1) is 19.9. The molecule has 2 amide bonds. The topological polar surface area (TPSA) is 168 Å². The number of nitrogen functional groups attached to an aromatic ring is 1. The lowest BCUT2D eigenvalue weighted by Gasteiger charge is -2.32. The number of aliphatic hydroxyl groups is 1. The van der Waals surface area contributed by atoms with Crippen LogP contribution in [0.3, 0.4) is 0 Å². The van der Waals surface area contributed by atoms with Gasteiger partial charge in [0.25, 0.3) is 17.5 Å². The number of nitrogens with one attached hydrogen (secondary N) is 1. The number of amides is 2. The Kier molecular flexibility index (Phi) is 7.66. The van der Waals surface area contributed by atoms with Crippen molar-refractivity contribution in [3.63, 3.8) is 0 Å². The van der Waals surface area contributed by atoms with Gasteiger partial charge in [0, 0.05) is 52.7 Å². The summed E-state index contributed by atoms with van der Waals surface area (Å²) in [6.45, 7) is 5.37. The van der Waals surface area contributed by atoms with E-state index in [2.05, 4.69) is 5.32 Å². The highest BCUT2D eigenvalue weighted by molar-refractivity contribution is 6.71. The summed E-state index contributed by atoms with van der Waals surface area (Å²) >= 11 is 0. The van der Waals surface area contributed by atoms with E-state index in [0.717, 1.165) is 5.56 Å². The monoisotopic (exact) mass is 590 g/mol. The van der Waals surface area contributed by atoms with E-state index >= 15 is 0 Å². The zero-order valence-electron chi connectivity index (χ0n) is 23.6. The van der Waals surface area contributed by atoms with E-state index in [1.54, 1.807) is 72.6 Å². The van der Waals surface area contributed by atoms with Gasteiger partial charge in [-0.15, -0.1) is 0 Å². The number of anilines is 3. The van der Waals surface area contributed by atoms with E-state index in [1.807, 2.05) is 6.92 Å². The van der Waals surface area contributed by atoms with Crippen molar-refractivity contribution >= 4 is 42.9 Å².